The van der Waals surface area contributed by atoms with Gasteiger partial charge in [-0.3, -0.25) is 9.78 Å². The van der Waals surface area contributed by atoms with Gasteiger partial charge in [0.1, 0.15) is 0 Å². The average molecular weight is 309 g/mol. The number of hydrogen-bond donors (Lipinski definition) is 0. The van der Waals surface area contributed by atoms with Gasteiger partial charge >= 0.3 is 0 Å². The molecule has 2 aromatic rings. The summed E-state index contributed by atoms with van der Waals surface area (Å²) in [5.74, 6) is 0.754. The van der Waals surface area contributed by atoms with Crippen molar-refractivity contribution in [1.82, 2.24) is 4.98 Å². The second-order valence-corrected chi connectivity index (χ2v) is 6.30. The number of rotatable bonds is 3. The zero-order valence-corrected chi connectivity index (χ0v) is 13.8. The van der Waals surface area contributed by atoms with Crippen LogP contribution in [0.4, 0.5) is 11.4 Å². The molecule has 0 saturated carbocycles. The SMILES string of the molecule is CC1CCN(c2cncc(C(=O)N(C)c3ccccc3)c2)CC1. The minimum Gasteiger partial charge on any atom is -0.370 e. The van der Waals surface area contributed by atoms with E-state index < -0.39 is 0 Å². The predicted molar refractivity (Wildman–Crippen MR) is 94.0 cm³/mol. The molecule has 2 heterocycles. The van der Waals surface area contributed by atoms with E-state index in [1.807, 2.05) is 42.6 Å². The van der Waals surface area contributed by atoms with Crippen molar-refractivity contribution < 1.29 is 4.79 Å². The monoisotopic (exact) mass is 309 g/mol. The van der Waals surface area contributed by atoms with Crippen molar-refractivity contribution >= 4 is 17.3 Å². The molecule has 120 valence electrons. The fourth-order valence-electron chi connectivity index (χ4n) is 2.95. The molecule has 4 heteroatoms. The van der Waals surface area contributed by atoms with Gasteiger partial charge in [-0.05, 0) is 37.0 Å². The Morgan fingerprint density at radius 2 is 1.87 bits per heavy atom. The fourth-order valence-corrected chi connectivity index (χ4v) is 2.95. The number of piperidine rings is 1. The second kappa shape index (κ2) is 6.82. The molecule has 1 amide bonds. The topological polar surface area (TPSA) is 36.4 Å². The number of amides is 1. The largest absolute Gasteiger partial charge is 0.370 e. The molecule has 1 saturated heterocycles. The molecule has 23 heavy (non-hydrogen) atoms. The molecule has 0 bridgehead atoms. The third kappa shape index (κ3) is 3.52. The number of aromatic nitrogens is 1. The number of para-hydroxylation sites is 1. The number of benzene rings is 1. The van der Waals surface area contributed by atoms with Gasteiger partial charge in [-0.2, -0.15) is 0 Å². The second-order valence-electron chi connectivity index (χ2n) is 6.30. The van der Waals surface area contributed by atoms with Crippen LogP contribution in [-0.4, -0.2) is 31.0 Å². The number of nitrogens with zero attached hydrogens (tertiary/aromatic N) is 3. The molecule has 1 aliphatic heterocycles. The molecular weight excluding hydrogens is 286 g/mol. The molecule has 0 aliphatic carbocycles. The zero-order valence-electron chi connectivity index (χ0n) is 13.8. The van der Waals surface area contributed by atoms with Crippen LogP contribution in [0.3, 0.4) is 0 Å². The van der Waals surface area contributed by atoms with E-state index in [0.29, 0.717) is 5.56 Å². The van der Waals surface area contributed by atoms with Gasteiger partial charge in [-0.15, -0.1) is 0 Å². The van der Waals surface area contributed by atoms with E-state index in [1.165, 1.54) is 12.8 Å². The summed E-state index contributed by atoms with van der Waals surface area (Å²) in [4.78, 5) is 21.0. The third-order valence-corrected chi connectivity index (χ3v) is 4.57. The van der Waals surface area contributed by atoms with E-state index in [2.05, 4.69) is 16.8 Å². The number of anilines is 2. The van der Waals surface area contributed by atoms with E-state index in [4.69, 9.17) is 0 Å². The van der Waals surface area contributed by atoms with Gasteiger partial charge in [0.2, 0.25) is 0 Å². The summed E-state index contributed by atoms with van der Waals surface area (Å²) in [5.41, 5.74) is 2.56. The van der Waals surface area contributed by atoms with Crippen molar-refractivity contribution in [2.75, 3.05) is 29.9 Å². The smallest absolute Gasteiger partial charge is 0.259 e. The van der Waals surface area contributed by atoms with Crippen LogP contribution in [0.2, 0.25) is 0 Å². The van der Waals surface area contributed by atoms with Crippen LogP contribution in [-0.2, 0) is 0 Å². The summed E-state index contributed by atoms with van der Waals surface area (Å²) in [6, 6.07) is 11.6. The first-order valence-electron chi connectivity index (χ1n) is 8.18. The van der Waals surface area contributed by atoms with Crippen molar-refractivity contribution in [3.05, 3.63) is 54.4 Å². The van der Waals surface area contributed by atoms with Gasteiger partial charge in [-0.1, -0.05) is 25.1 Å². The molecule has 0 atom stereocenters. The van der Waals surface area contributed by atoms with Crippen LogP contribution in [0.25, 0.3) is 0 Å². The molecule has 4 nitrogen and oxygen atoms in total. The van der Waals surface area contributed by atoms with Crippen LogP contribution in [0.15, 0.2) is 48.8 Å². The van der Waals surface area contributed by atoms with Gasteiger partial charge < -0.3 is 9.80 Å². The van der Waals surface area contributed by atoms with Crippen molar-refractivity contribution in [2.45, 2.75) is 19.8 Å². The van der Waals surface area contributed by atoms with E-state index in [0.717, 1.165) is 30.4 Å². The Bertz CT molecular complexity index is 663. The third-order valence-electron chi connectivity index (χ3n) is 4.57. The van der Waals surface area contributed by atoms with Crippen LogP contribution >= 0.6 is 0 Å². The van der Waals surface area contributed by atoms with Crippen molar-refractivity contribution in [2.24, 2.45) is 5.92 Å². The quantitative estimate of drug-likeness (QED) is 0.869. The molecule has 0 radical (unpaired) electrons. The van der Waals surface area contributed by atoms with Gasteiger partial charge in [-0.25, -0.2) is 0 Å². The van der Waals surface area contributed by atoms with E-state index in [1.54, 1.807) is 18.1 Å². The molecule has 1 aromatic heterocycles. The summed E-state index contributed by atoms with van der Waals surface area (Å²) in [6.07, 6.45) is 5.90. The minimum atomic E-state index is -0.0315. The lowest BCUT2D eigenvalue weighted by atomic mass is 9.99. The molecule has 3 rings (SSSR count). The highest BCUT2D eigenvalue weighted by molar-refractivity contribution is 6.06. The van der Waals surface area contributed by atoms with Crippen molar-refractivity contribution in [1.29, 1.82) is 0 Å². The molecule has 0 N–H and O–H groups in total. The first-order valence-corrected chi connectivity index (χ1v) is 8.18. The summed E-state index contributed by atoms with van der Waals surface area (Å²) < 4.78 is 0. The molecule has 0 unspecified atom stereocenters. The Labute approximate surface area is 137 Å². The Hall–Kier alpha value is -2.36. The zero-order chi connectivity index (χ0) is 16.2. The summed E-state index contributed by atoms with van der Waals surface area (Å²) in [5, 5.41) is 0. The molecular formula is C19H23N3O. The summed E-state index contributed by atoms with van der Waals surface area (Å²) in [6.45, 7) is 4.37. The highest BCUT2D eigenvalue weighted by Gasteiger charge is 2.19. The van der Waals surface area contributed by atoms with E-state index in [9.17, 15) is 4.79 Å². The van der Waals surface area contributed by atoms with Crippen LogP contribution in [0.5, 0.6) is 0 Å². The average Bonchev–Trinajstić information content (AvgIpc) is 2.62. The minimum absolute atomic E-state index is 0.0315. The number of carbonyl (C=O) groups excluding carboxylic acids is 1. The standard InChI is InChI=1S/C19H23N3O/c1-15-8-10-22(11-9-15)18-12-16(13-20-14-18)19(23)21(2)17-6-4-3-5-7-17/h3-7,12-15H,8-11H2,1-2H3. The highest BCUT2D eigenvalue weighted by Crippen LogP contribution is 2.24. The first kappa shape index (κ1) is 15.5. The fraction of sp³-hybridized carbons (Fsp3) is 0.368. The van der Waals surface area contributed by atoms with Gasteiger partial charge in [0.15, 0.2) is 0 Å². The van der Waals surface area contributed by atoms with Crippen molar-refractivity contribution in [3.8, 4) is 0 Å². The van der Waals surface area contributed by atoms with Gasteiger partial charge in [0, 0.05) is 32.0 Å². The van der Waals surface area contributed by atoms with E-state index >= 15 is 0 Å². The summed E-state index contributed by atoms with van der Waals surface area (Å²) in [7, 11) is 1.80. The van der Waals surface area contributed by atoms with E-state index in [-0.39, 0.29) is 5.91 Å². The maximum Gasteiger partial charge on any atom is 0.259 e. The van der Waals surface area contributed by atoms with Gasteiger partial charge in [0.05, 0.1) is 17.4 Å². The number of hydrogen-bond acceptors (Lipinski definition) is 3. The summed E-state index contributed by atoms with van der Waals surface area (Å²) >= 11 is 0. The predicted octanol–water partition coefficient (Wildman–Crippen LogP) is 3.59. The maximum absolute atomic E-state index is 12.7. The molecule has 1 aromatic carbocycles. The van der Waals surface area contributed by atoms with Crippen LogP contribution < -0.4 is 9.80 Å². The number of pyridine rings is 1. The van der Waals surface area contributed by atoms with Crippen LogP contribution in [0.1, 0.15) is 30.1 Å². The lowest BCUT2D eigenvalue weighted by molar-refractivity contribution is 0.0992. The Kier molecular flexibility index (Phi) is 4.60. The highest BCUT2D eigenvalue weighted by atomic mass is 16.2. The van der Waals surface area contributed by atoms with Crippen LogP contribution in [0, 0.1) is 5.92 Å². The Balaban J connectivity index is 1.78. The normalized spacial score (nSPS) is 15.5. The molecule has 1 fully saturated rings. The lowest BCUT2D eigenvalue weighted by Gasteiger charge is -2.32. The van der Waals surface area contributed by atoms with Gasteiger partial charge in [0.25, 0.3) is 5.91 Å². The maximum atomic E-state index is 12.7. The Morgan fingerprint density at radius 3 is 2.57 bits per heavy atom. The molecule has 0 spiro atoms. The van der Waals surface area contributed by atoms with Crippen molar-refractivity contribution in [3.63, 3.8) is 0 Å². The lowest BCUT2D eigenvalue weighted by Crippen LogP contribution is -2.33. The first-order chi connectivity index (χ1) is 11.1. The molecule has 1 aliphatic rings. The number of carbonyl (C=O) groups is 1. The Morgan fingerprint density at radius 1 is 1.17 bits per heavy atom.